The van der Waals surface area contributed by atoms with Crippen molar-refractivity contribution in [3.05, 3.63) is 88.7 Å². The summed E-state index contributed by atoms with van der Waals surface area (Å²) in [6.45, 7) is 13.7. The van der Waals surface area contributed by atoms with Gasteiger partial charge in [-0.15, -0.1) is 0 Å². The maximum Gasteiger partial charge on any atom is 0.262 e. The highest BCUT2D eigenvalue weighted by Crippen LogP contribution is 2.42. The highest BCUT2D eigenvalue weighted by molar-refractivity contribution is 6.23. The van der Waals surface area contributed by atoms with Gasteiger partial charge in [0.1, 0.15) is 12.6 Å². The van der Waals surface area contributed by atoms with Gasteiger partial charge in [-0.3, -0.25) is 49.4 Å². The summed E-state index contributed by atoms with van der Waals surface area (Å²) >= 11 is 0. The predicted octanol–water partition coefficient (Wildman–Crippen LogP) is 5.14. The number of aryl methyl sites for hydroxylation is 2. The first kappa shape index (κ1) is 46.0. The second kappa shape index (κ2) is 18.7. The van der Waals surface area contributed by atoms with Crippen LogP contribution in [0.3, 0.4) is 0 Å². The lowest BCUT2D eigenvalue weighted by atomic mass is 9.71. The zero-order valence-corrected chi connectivity index (χ0v) is 40.6. The molecule has 0 radical (unpaired) electrons. The molecule has 1 unspecified atom stereocenters. The quantitative estimate of drug-likeness (QED) is 0.171. The van der Waals surface area contributed by atoms with Crippen molar-refractivity contribution in [1.29, 1.82) is 0 Å². The van der Waals surface area contributed by atoms with Gasteiger partial charge >= 0.3 is 0 Å². The molecule has 2 aromatic carbocycles. The Kier molecular flexibility index (Phi) is 12.3. The molecule has 6 aliphatic rings. The standard InChI is InChI=1S/C53H63N11O6/c1-34-5-4-26-70-64-44(14-19-58(64)3)43-29-38(27-35(2)54-43)48(66)57-52-55-42-9-6-37(28-46(42)62(52)31-34)33-60-24-17-53(18-25-60)15-22-59(23-16-53)32-36-12-20-61(21-13-36)39-7-8-40-41(30-39)51(69)63(50(40)68)45-10-11-47(65)56-49(45)67/h6-9,14,19,27-30,34,36,45H,4-5,10-13,15-18,20-26,31-33H2,1-3H3,(H-,55,56,57,65,66,67)/p+1/t34-,45?/m1/s1. The third-order valence-electron chi connectivity index (χ3n) is 16.2. The van der Waals surface area contributed by atoms with E-state index in [-0.39, 0.29) is 24.7 Å². The third kappa shape index (κ3) is 8.97. The smallest absolute Gasteiger partial charge is 0.262 e. The van der Waals surface area contributed by atoms with E-state index in [2.05, 4.69) is 55.0 Å². The first-order valence-corrected chi connectivity index (χ1v) is 25.4. The van der Waals surface area contributed by atoms with E-state index in [9.17, 15) is 24.0 Å². The fourth-order valence-corrected chi connectivity index (χ4v) is 12.0. The minimum Gasteiger partial charge on any atom is -0.371 e. The Morgan fingerprint density at radius 1 is 0.800 bits per heavy atom. The monoisotopic (exact) mass is 951 g/mol. The molecule has 5 aromatic rings. The molecular formula is C53H64N11O6+. The van der Waals surface area contributed by atoms with Crippen molar-refractivity contribution in [2.45, 2.75) is 97.2 Å². The van der Waals surface area contributed by atoms with Gasteiger partial charge in [0, 0.05) is 67.0 Å². The van der Waals surface area contributed by atoms with Gasteiger partial charge < -0.3 is 19.2 Å². The number of piperidine rings is 4. The van der Waals surface area contributed by atoms with Gasteiger partial charge in [-0.25, -0.2) is 4.98 Å². The molecule has 366 valence electrons. The number of amides is 5. The molecular weight excluding hydrogens is 887 g/mol. The second-order valence-electron chi connectivity index (χ2n) is 21.0. The maximum atomic E-state index is 13.9. The summed E-state index contributed by atoms with van der Waals surface area (Å²) in [7, 11) is 1.93. The number of nitrogens with zero attached hydrogens (tertiary/aromatic N) is 9. The van der Waals surface area contributed by atoms with Crippen LogP contribution >= 0.6 is 0 Å². The molecule has 70 heavy (non-hydrogen) atoms. The number of fused-ring (bicyclic) bond motifs is 8. The fraction of sp³-hybridized carbons (Fsp3) is 0.509. The van der Waals surface area contributed by atoms with Gasteiger partial charge in [-0.1, -0.05) is 17.7 Å². The fourth-order valence-electron chi connectivity index (χ4n) is 12.0. The van der Waals surface area contributed by atoms with E-state index in [1.165, 1.54) is 31.2 Å². The zero-order valence-electron chi connectivity index (χ0n) is 40.6. The maximum absolute atomic E-state index is 13.9. The van der Waals surface area contributed by atoms with Crippen molar-refractivity contribution < 1.29 is 33.5 Å². The molecule has 11 rings (SSSR count). The zero-order chi connectivity index (χ0) is 48.3. The van der Waals surface area contributed by atoms with Crippen LogP contribution in [-0.4, -0.2) is 122 Å². The summed E-state index contributed by atoms with van der Waals surface area (Å²) in [5.74, 6) is -0.629. The highest BCUT2D eigenvalue weighted by Gasteiger charge is 2.45. The van der Waals surface area contributed by atoms with Crippen LogP contribution in [-0.2, 0) is 29.7 Å². The van der Waals surface area contributed by atoms with E-state index in [0.717, 1.165) is 118 Å². The van der Waals surface area contributed by atoms with Crippen LogP contribution in [0.5, 0.6) is 0 Å². The molecule has 17 nitrogen and oxygen atoms in total. The largest absolute Gasteiger partial charge is 0.371 e. The van der Waals surface area contributed by atoms with Gasteiger partial charge in [-0.2, -0.15) is 0 Å². The van der Waals surface area contributed by atoms with Crippen LogP contribution in [0.15, 0.2) is 60.8 Å². The van der Waals surface area contributed by atoms with E-state index in [0.29, 0.717) is 52.2 Å². The Morgan fingerprint density at radius 3 is 2.33 bits per heavy atom. The normalized spacial score (nSPS) is 22.8. The molecule has 2 atom stereocenters. The number of likely N-dealkylation sites (tertiary alicyclic amines) is 2. The van der Waals surface area contributed by atoms with E-state index in [4.69, 9.17) is 14.8 Å². The van der Waals surface area contributed by atoms with E-state index in [1.54, 1.807) is 10.9 Å². The first-order valence-electron chi connectivity index (χ1n) is 25.4. The van der Waals surface area contributed by atoms with Crippen molar-refractivity contribution in [2.75, 3.05) is 62.6 Å². The van der Waals surface area contributed by atoms with Crippen LogP contribution in [0.1, 0.15) is 113 Å². The Labute approximate surface area is 408 Å². The molecule has 1 spiro atoms. The van der Waals surface area contributed by atoms with Crippen LogP contribution in [0.4, 0.5) is 11.6 Å². The summed E-state index contributed by atoms with van der Waals surface area (Å²) in [4.78, 5) is 91.2. The third-order valence-corrected chi connectivity index (χ3v) is 16.2. The number of imide groups is 2. The van der Waals surface area contributed by atoms with Crippen LogP contribution < -0.4 is 25.1 Å². The Morgan fingerprint density at radius 2 is 1.56 bits per heavy atom. The first-order chi connectivity index (χ1) is 33.9. The summed E-state index contributed by atoms with van der Waals surface area (Å²) in [6, 6.07) is 16.7. The van der Waals surface area contributed by atoms with Crippen molar-refractivity contribution in [3.63, 3.8) is 0 Å². The van der Waals surface area contributed by atoms with Gasteiger partial charge in [0.05, 0.1) is 27.9 Å². The number of anilines is 2. The summed E-state index contributed by atoms with van der Waals surface area (Å²) in [5.41, 5.74) is 7.89. The number of imidazole rings is 1. The van der Waals surface area contributed by atoms with Gasteiger partial charge in [0.25, 0.3) is 17.7 Å². The number of benzene rings is 2. The van der Waals surface area contributed by atoms with E-state index >= 15 is 0 Å². The molecule has 3 aromatic heterocycles. The Hall–Kier alpha value is -6.46. The number of hydrogen-bond donors (Lipinski definition) is 2. The van der Waals surface area contributed by atoms with Gasteiger partial charge in [-0.05, 0) is 156 Å². The Balaban J connectivity index is 0.677. The van der Waals surface area contributed by atoms with E-state index < -0.39 is 23.8 Å². The number of nitrogens with one attached hydrogen (secondary N) is 2. The minimum atomic E-state index is -0.961. The molecule has 17 heteroatoms. The number of aromatic nitrogens is 5. The average Bonchev–Trinajstić information content (AvgIpc) is 3.97. The second-order valence-corrected chi connectivity index (χ2v) is 21.0. The van der Waals surface area contributed by atoms with E-state index in [1.807, 2.05) is 55.2 Å². The van der Waals surface area contributed by atoms with Gasteiger partial charge in [0.15, 0.2) is 18.9 Å². The molecule has 4 fully saturated rings. The number of hydrogen-bond acceptors (Lipinski definition) is 11. The molecule has 0 aliphatic carbocycles. The van der Waals surface area contributed by atoms with Crippen molar-refractivity contribution in [3.8, 4) is 11.4 Å². The number of carbonyl (C=O) groups excluding carboxylic acids is 5. The predicted molar refractivity (Wildman–Crippen MR) is 262 cm³/mol. The minimum absolute atomic E-state index is 0.102. The van der Waals surface area contributed by atoms with Crippen molar-refractivity contribution in [2.24, 2.45) is 24.3 Å². The Bertz CT molecular complexity index is 2880. The van der Waals surface area contributed by atoms with Crippen molar-refractivity contribution in [1.82, 2.24) is 39.4 Å². The highest BCUT2D eigenvalue weighted by atomic mass is 16.7. The molecule has 9 heterocycles. The topological polar surface area (TPSA) is 171 Å². The number of carbonyl (C=O) groups is 5. The van der Waals surface area contributed by atoms with Crippen LogP contribution in [0.25, 0.3) is 22.4 Å². The molecule has 0 saturated carbocycles. The molecule has 4 saturated heterocycles. The lowest BCUT2D eigenvalue weighted by Gasteiger charge is -2.47. The SMILES string of the molecule is Cc1cc2cc(n1)-c1cc[n+](C)n1OCCC[C@@H](C)Cn1c(nc3ccc(CN4CCC5(CC4)CCN(CC4CCN(c6ccc7c(c6)C(=O)N(C6CCC(=O)NC6=O)C7=O)CC4)CC5)cc31)NC2=O. The van der Waals surface area contributed by atoms with Gasteiger partial charge in [0.2, 0.25) is 17.8 Å². The average molecular weight is 951 g/mol. The molecule has 5 amide bonds. The summed E-state index contributed by atoms with van der Waals surface area (Å²) in [6.07, 6.45) is 11.1. The van der Waals surface area contributed by atoms with Crippen LogP contribution in [0, 0.1) is 24.2 Å². The molecule has 2 N–H and O–H groups in total. The molecule has 2 bridgehead atoms. The summed E-state index contributed by atoms with van der Waals surface area (Å²) < 4.78 is 4.09. The number of pyridine rings is 1. The molecule has 6 aliphatic heterocycles. The lowest BCUT2D eigenvalue weighted by molar-refractivity contribution is -0.777. The summed E-state index contributed by atoms with van der Waals surface area (Å²) in [5, 5.41) is 5.45. The van der Waals surface area contributed by atoms with Crippen molar-refractivity contribution >= 4 is 52.2 Å². The van der Waals surface area contributed by atoms with Crippen LogP contribution in [0.2, 0.25) is 0 Å². The number of rotatable bonds is 6. The lowest BCUT2D eigenvalue weighted by Crippen LogP contribution is -2.54.